The van der Waals surface area contributed by atoms with Crippen LogP contribution in [0.3, 0.4) is 0 Å². The Morgan fingerprint density at radius 2 is 1.94 bits per heavy atom. The number of hydrogen-bond donors (Lipinski definition) is 3. The van der Waals surface area contributed by atoms with E-state index in [1.807, 2.05) is 0 Å². The van der Waals surface area contributed by atoms with E-state index < -0.39 is 5.97 Å². The lowest BCUT2D eigenvalue weighted by Crippen LogP contribution is -2.37. The van der Waals surface area contributed by atoms with Crippen molar-refractivity contribution in [3.63, 3.8) is 0 Å². The summed E-state index contributed by atoms with van der Waals surface area (Å²) in [5.41, 5.74) is 5.39. The van der Waals surface area contributed by atoms with Gasteiger partial charge < -0.3 is 16.2 Å². The van der Waals surface area contributed by atoms with Gasteiger partial charge in [-0.3, -0.25) is 4.79 Å². The standard InChI is InChI=1S/C12H26N2O2/c1-2-3-8-11(12(15)16)14-10-7-5-4-6-9-13/h11,14H,2-10,13H2,1H3,(H,15,16). The zero-order valence-corrected chi connectivity index (χ0v) is 10.4. The van der Waals surface area contributed by atoms with Crippen LogP contribution in [0.1, 0.15) is 51.9 Å². The van der Waals surface area contributed by atoms with Crippen LogP contribution in [0.15, 0.2) is 0 Å². The number of rotatable bonds is 11. The first-order chi connectivity index (χ1) is 7.72. The van der Waals surface area contributed by atoms with E-state index >= 15 is 0 Å². The SMILES string of the molecule is CCCCC(NCCCCCCN)C(=O)O. The monoisotopic (exact) mass is 230 g/mol. The molecule has 4 N–H and O–H groups in total. The Labute approximate surface area is 98.6 Å². The van der Waals surface area contributed by atoms with Crippen LogP contribution in [-0.4, -0.2) is 30.2 Å². The highest BCUT2D eigenvalue weighted by Crippen LogP contribution is 2.02. The van der Waals surface area contributed by atoms with E-state index in [1.54, 1.807) is 0 Å². The fourth-order valence-electron chi connectivity index (χ4n) is 1.62. The maximum Gasteiger partial charge on any atom is 0.320 e. The van der Waals surface area contributed by atoms with E-state index in [2.05, 4.69) is 12.2 Å². The summed E-state index contributed by atoms with van der Waals surface area (Å²) in [6.07, 6.45) is 7.12. The summed E-state index contributed by atoms with van der Waals surface area (Å²) >= 11 is 0. The summed E-state index contributed by atoms with van der Waals surface area (Å²) in [6, 6.07) is -0.366. The van der Waals surface area contributed by atoms with Gasteiger partial charge in [-0.15, -0.1) is 0 Å². The van der Waals surface area contributed by atoms with Crippen molar-refractivity contribution in [2.75, 3.05) is 13.1 Å². The second-order valence-electron chi connectivity index (χ2n) is 4.19. The lowest BCUT2D eigenvalue weighted by Gasteiger charge is -2.13. The maximum absolute atomic E-state index is 10.9. The predicted octanol–water partition coefficient (Wildman–Crippen LogP) is 1.74. The molecule has 96 valence electrons. The van der Waals surface area contributed by atoms with E-state index in [0.717, 1.165) is 58.0 Å². The summed E-state index contributed by atoms with van der Waals surface area (Å²) < 4.78 is 0. The highest BCUT2D eigenvalue weighted by molar-refractivity contribution is 5.73. The van der Waals surface area contributed by atoms with Crippen molar-refractivity contribution < 1.29 is 9.90 Å². The Morgan fingerprint density at radius 3 is 2.50 bits per heavy atom. The van der Waals surface area contributed by atoms with Gasteiger partial charge in [0.1, 0.15) is 6.04 Å². The van der Waals surface area contributed by atoms with E-state index in [0.29, 0.717) is 0 Å². The molecule has 0 aromatic heterocycles. The third-order valence-electron chi connectivity index (χ3n) is 2.67. The molecule has 0 spiro atoms. The second kappa shape index (κ2) is 10.9. The van der Waals surface area contributed by atoms with E-state index in [1.165, 1.54) is 0 Å². The normalized spacial score (nSPS) is 12.6. The number of hydrogen-bond acceptors (Lipinski definition) is 3. The van der Waals surface area contributed by atoms with Crippen molar-refractivity contribution in [1.29, 1.82) is 0 Å². The van der Waals surface area contributed by atoms with Gasteiger partial charge in [-0.05, 0) is 32.4 Å². The fourth-order valence-corrected chi connectivity index (χ4v) is 1.62. The quantitative estimate of drug-likeness (QED) is 0.473. The molecule has 16 heavy (non-hydrogen) atoms. The molecule has 4 heteroatoms. The first kappa shape index (κ1) is 15.4. The number of carboxylic acid groups (broad SMARTS) is 1. The molecule has 0 bridgehead atoms. The van der Waals surface area contributed by atoms with Gasteiger partial charge in [0.05, 0.1) is 0 Å². The molecule has 0 saturated carbocycles. The molecular weight excluding hydrogens is 204 g/mol. The van der Waals surface area contributed by atoms with Gasteiger partial charge in [0.25, 0.3) is 0 Å². The van der Waals surface area contributed by atoms with Gasteiger partial charge in [-0.25, -0.2) is 0 Å². The zero-order valence-electron chi connectivity index (χ0n) is 10.4. The Hall–Kier alpha value is -0.610. The molecule has 0 aliphatic carbocycles. The van der Waals surface area contributed by atoms with Crippen LogP contribution in [0.25, 0.3) is 0 Å². The molecule has 0 radical (unpaired) electrons. The summed E-state index contributed by atoms with van der Waals surface area (Å²) in [5.74, 6) is -0.726. The minimum Gasteiger partial charge on any atom is -0.480 e. The molecule has 0 heterocycles. The first-order valence-corrected chi connectivity index (χ1v) is 6.38. The molecule has 1 atom stereocenters. The van der Waals surface area contributed by atoms with Crippen molar-refractivity contribution in [1.82, 2.24) is 5.32 Å². The first-order valence-electron chi connectivity index (χ1n) is 6.38. The summed E-state index contributed by atoms with van der Waals surface area (Å²) in [4.78, 5) is 10.9. The van der Waals surface area contributed by atoms with Crippen LogP contribution in [0.5, 0.6) is 0 Å². The van der Waals surface area contributed by atoms with Crippen LogP contribution < -0.4 is 11.1 Å². The molecule has 0 rings (SSSR count). The summed E-state index contributed by atoms with van der Waals surface area (Å²) in [7, 11) is 0. The Kier molecular flexibility index (Phi) is 10.5. The number of carbonyl (C=O) groups is 1. The van der Waals surface area contributed by atoms with Crippen LogP contribution in [0, 0.1) is 0 Å². The van der Waals surface area contributed by atoms with Gasteiger partial charge in [0.15, 0.2) is 0 Å². The molecule has 1 unspecified atom stereocenters. The fraction of sp³-hybridized carbons (Fsp3) is 0.917. The molecule has 0 saturated heterocycles. The second-order valence-corrected chi connectivity index (χ2v) is 4.19. The third kappa shape index (κ3) is 8.68. The van der Waals surface area contributed by atoms with Crippen LogP contribution in [0.4, 0.5) is 0 Å². The topological polar surface area (TPSA) is 75.3 Å². The maximum atomic E-state index is 10.9. The van der Waals surface area contributed by atoms with Crippen molar-refractivity contribution in [2.45, 2.75) is 57.9 Å². The number of carboxylic acids is 1. The Balaban J connectivity index is 3.48. The summed E-state index contributed by atoms with van der Waals surface area (Å²) in [5, 5.41) is 12.1. The van der Waals surface area contributed by atoms with Gasteiger partial charge in [0, 0.05) is 0 Å². The van der Waals surface area contributed by atoms with E-state index in [4.69, 9.17) is 10.8 Å². The number of nitrogens with two attached hydrogens (primary N) is 1. The van der Waals surface area contributed by atoms with Crippen molar-refractivity contribution in [3.8, 4) is 0 Å². The minimum atomic E-state index is -0.726. The molecule has 0 fully saturated rings. The van der Waals surface area contributed by atoms with Crippen molar-refractivity contribution in [3.05, 3.63) is 0 Å². The van der Waals surface area contributed by atoms with Crippen molar-refractivity contribution >= 4 is 5.97 Å². The van der Waals surface area contributed by atoms with Gasteiger partial charge in [0.2, 0.25) is 0 Å². The highest BCUT2D eigenvalue weighted by atomic mass is 16.4. The Morgan fingerprint density at radius 1 is 1.25 bits per heavy atom. The average Bonchev–Trinajstić information content (AvgIpc) is 2.26. The average molecular weight is 230 g/mol. The van der Waals surface area contributed by atoms with Crippen LogP contribution >= 0.6 is 0 Å². The van der Waals surface area contributed by atoms with E-state index in [-0.39, 0.29) is 6.04 Å². The largest absolute Gasteiger partial charge is 0.480 e. The minimum absolute atomic E-state index is 0.366. The van der Waals surface area contributed by atoms with Gasteiger partial charge in [-0.2, -0.15) is 0 Å². The molecule has 0 aliphatic heterocycles. The lowest BCUT2D eigenvalue weighted by atomic mass is 10.1. The highest BCUT2D eigenvalue weighted by Gasteiger charge is 2.14. The van der Waals surface area contributed by atoms with Crippen LogP contribution in [-0.2, 0) is 4.79 Å². The number of unbranched alkanes of at least 4 members (excludes halogenated alkanes) is 4. The van der Waals surface area contributed by atoms with E-state index in [9.17, 15) is 4.79 Å². The summed E-state index contributed by atoms with van der Waals surface area (Å²) in [6.45, 7) is 3.62. The Bertz CT molecular complexity index is 174. The third-order valence-corrected chi connectivity index (χ3v) is 2.67. The molecule has 0 aromatic carbocycles. The molecular formula is C12H26N2O2. The molecule has 4 nitrogen and oxygen atoms in total. The molecule has 0 aliphatic rings. The van der Waals surface area contributed by atoms with Gasteiger partial charge in [-0.1, -0.05) is 32.6 Å². The zero-order chi connectivity index (χ0) is 12.2. The number of aliphatic carboxylic acids is 1. The predicted molar refractivity (Wildman–Crippen MR) is 66.5 cm³/mol. The molecule has 0 aromatic rings. The number of nitrogens with one attached hydrogen (secondary N) is 1. The lowest BCUT2D eigenvalue weighted by molar-refractivity contribution is -0.139. The smallest absolute Gasteiger partial charge is 0.320 e. The molecule has 0 amide bonds. The van der Waals surface area contributed by atoms with Crippen molar-refractivity contribution in [2.24, 2.45) is 5.73 Å². The van der Waals surface area contributed by atoms with Gasteiger partial charge >= 0.3 is 5.97 Å². The van der Waals surface area contributed by atoms with Crippen LogP contribution in [0.2, 0.25) is 0 Å².